The van der Waals surface area contributed by atoms with Crippen LogP contribution in [0.3, 0.4) is 0 Å². The van der Waals surface area contributed by atoms with Gasteiger partial charge in [0.1, 0.15) is 5.75 Å². The van der Waals surface area contributed by atoms with Crippen molar-refractivity contribution >= 4 is 11.4 Å². The minimum atomic E-state index is 0.503. The van der Waals surface area contributed by atoms with Crippen LogP contribution in [-0.4, -0.2) is 12.6 Å². The summed E-state index contributed by atoms with van der Waals surface area (Å²) in [6, 6.07) is 6.51. The Morgan fingerprint density at radius 3 is 2.60 bits per heavy atom. The summed E-state index contributed by atoms with van der Waals surface area (Å²) in [7, 11) is 0. The predicted molar refractivity (Wildman–Crippen MR) is 86.3 cm³/mol. The molecule has 20 heavy (non-hydrogen) atoms. The first-order chi connectivity index (χ1) is 9.48. The van der Waals surface area contributed by atoms with Crippen LogP contribution in [0.15, 0.2) is 18.2 Å². The molecule has 0 heterocycles. The Morgan fingerprint density at radius 1 is 1.25 bits per heavy atom. The molecular formula is C17H28N2O. The van der Waals surface area contributed by atoms with Gasteiger partial charge in [-0.25, -0.2) is 0 Å². The van der Waals surface area contributed by atoms with Gasteiger partial charge in [-0.1, -0.05) is 20.8 Å². The molecule has 1 aliphatic rings. The highest BCUT2D eigenvalue weighted by Gasteiger charge is 2.26. The second-order valence-corrected chi connectivity index (χ2v) is 6.72. The lowest BCUT2D eigenvalue weighted by atomic mass is 9.75. The van der Waals surface area contributed by atoms with Gasteiger partial charge in [-0.15, -0.1) is 0 Å². The number of nitrogen functional groups attached to an aromatic ring is 1. The summed E-state index contributed by atoms with van der Waals surface area (Å²) in [4.78, 5) is 0. The fourth-order valence-corrected chi connectivity index (χ4v) is 2.79. The van der Waals surface area contributed by atoms with Crippen LogP contribution >= 0.6 is 0 Å². The molecule has 1 aromatic carbocycles. The van der Waals surface area contributed by atoms with E-state index in [0.717, 1.165) is 30.2 Å². The predicted octanol–water partition coefficient (Wildman–Crippen LogP) is 4.44. The molecule has 0 unspecified atom stereocenters. The van der Waals surface area contributed by atoms with Crippen molar-refractivity contribution in [2.45, 2.75) is 58.9 Å². The molecule has 0 aliphatic heterocycles. The van der Waals surface area contributed by atoms with Crippen molar-refractivity contribution in [2.24, 2.45) is 5.41 Å². The van der Waals surface area contributed by atoms with Crippen LogP contribution < -0.4 is 15.8 Å². The Kier molecular flexibility index (Phi) is 4.79. The van der Waals surface area contributed by atoms with Crippen molar-refractivity contribution in [2.75, 3.05) is 17.7 Å². The van der Waals surface area contributed by atoms with Crippen molar-refractivity contribution in [1.82, 2.24) is 0 Å². The molecule has 0 amide bonds. The van der Waals surface area contributed by atoms with E-state index in [1.165, 1.54) is 25.7 Å². The molecule has 1 fully saturated rings. The number of ether oxygens (including phenoxy) is 1. The minimum absolute atomic E-state index is 0.503. The van der Waals surface area contributed by atoms with Crippen LogP contribution in [0, 0.1) is 5.41 Å². The fourth-order valence-electron chi connectivity index (χ4n) is 2.79. The molecular weight excluding hydrogens is 248 g/mol. The van der Waals surface area contributed by atoms with Gasteiger partial charge >= 0.3 is 0 Å². The summed E-state index contributed by atoms with van der Waals surface area (Å²) < 4.78 is 5.68. The van der Waals surface area contributed by atoms with Crippen molar-refractivity contribution < 1.29 is 4.74 Å². The van der Waals surface area contributed by atoms with Gasteiger partial charge in [-0.2, -0.15) is 0 Å². The van der Waals surface area contributed by atoms with Crippen molar-refractivity contribution in [3.05, 3.63) is 18.2 Å². The highest BCUT2D eigenvalue weighted by molar-refractivity contribution is 5.59. The number of anilines is 2. The molecule has 3 nitrogen and oxygen atoms in total. The third kappa shape index (κ3) is 4.32. The number of nitrogens with two attached hydrogens (primary N) is 1. The molecule has 0 atom stereocenters. The lowest BCUT2D eigenvalue weighted by Gasteiger charge is -2.35. The van der Waals surface area contributed by atoms with Crippen LogP contribution in [-0.2, 0) is 0 Å². The Morgan fingerprint density at radius 2 is 1.95 bits per heavy atom. The SMILES string of the molecule is CCCOc1cc(N)cc(NC2CCC(C)(C)CC2)c1. The lowest BCUT2D eigenvalue weighted by Crippen LogP contribution is -2.29. The molecule has 0 aromatic heterocycles. The van der Waals surface area contributed by atoms with Gasteiger partial charge in [0.05, 0.1) is 6.61 Å². The minimum Gasteiger partial charge on any atom is -0.493 e. The van der Waals surface area contributed by atoms with Gasteiger partial charge < -0.3 is 15.8 Å². The number of hydrogen-bond donors (Lipinski definition) is 2. The number of rotatable bonds is 5. The summed E-state index contributed by atoms with van der Waals surface area (Å²) in [6.45, 7) is 7.57. The maximum absolute atomic E-state index is 5.96. The molecule has 1 aromatic rings. The van der Waals surface area contributed by atoms with E-state index < -0.39 is 0 Å². The van der Waals surface area contributed by atoms with E-state index in [1.807, 2.05) is 12.1 Å². The largest absolute Gasteiger partial charge is 0.493 e. The van der Waals surface area contributed by atoms with Gasteiger partial charge in [-0.05, 0) is 43.6 Å². The molecule has 3 N–H and O–H groups in total. The van der Waals surface area contributed by atoms with Crippen LogP contribution in [0.2, 0.25) is 0 Å². The maximum Gasteiger partial charge on any atom is 0.123 e. The van der Waals surface area contributed by atoms with E-state index in [4.69, 9.17) is 10.5 Å². The zero-order chi connectivity index (χ0) is 14.6. The standard InChI is InChI=1S/C17H28N2O/c1-4-9-20-16-11-13(18)10-15(12-16)19-14-5-7-17(2,3)8-6-14/h10-12,14,19H,4-9,18H2,1-3H3. The molecule has 1 aliphatic carbocycles. The van der Waals surface area contributed by atoms with E-state index in [9.17, 15) is 0 Å². The van der Waals surface area contributed by atoms with Crippen molar-refractivity contribution in [3.63, 3.8) is 0 Å². The van der Waals surface area contributed by atoms with E-state index in [0.29, 0.717) is 11.5 Å². The molecule has 1 saturated carbocycles. The number of hydrogen-bond acceptors (Lipinski definition) is 3. The fraction of sp³-hybridized carbons (Fsp3) is 0.647. The second-order valence-electron chi connectivity index (χ2n) is 6.72. The van der Waals surface area contributed by atoms with E-state index in [-0.39, 0.29) is 0 Å². The maximum atomic E-state index is 5.96. The lowest BCUT2D eigenvalue weighted by molar-refractivity contribution is 0.232. The van der Waals surface area contributed by atoms with Gasteiger partial charge in [-0.3, -0.25) is 0 Å². The second kappa shape index (κ2) is 6.38. The van der Waals surface area contributed by atoms with Crippen LogP contribution in [0.1, 0.15) is 52.9 Å². The summed E-state index contributed by atoms with van der Waals surface area (Å²) in [5, 5.41) is 3.62. The summed E-state index contributed by atoms with van der Waals surface area (Å²) in [5.74, 6) is 0.866. The van der Waals surface area contributed by atoms with Gasteiger partial charge in [0, 0.05) is 29.5 Å². The molecule has 3 heteroatoms. The first-order valence-electron chi connectivity index (χ1n) is 7.78. The van der Waals surface area contributed by atoms with Crippen LogP contribution in [0.4, 0.5) is 11.4 Å². The van der Waals surface area contributed by atoms with Gasteiger partial charge in [0.15, 0.2) is 0 Å². The van der Waals surface area contributed by atoms with Crippen LogP contribution in [0.25, 0.3) is 0 Å². The first-order valence-corrected chi connectivity index (χ1v) is 7.78. The van der Waals surface area contributed by atoms with E-state index >= 15 is 0 Å². The normalized spacial score (nSPS) is 18.8. The van der Waals surface area contributed by atoms with Crippen molar-refractivity contribution in [1.29, 1.82) is 0 Å². The molecule has 0 bridgehead atoms. The average Bonchev–Trinajstić information content (AvgIpc) is 2.38. The number of benzene rings is 1. The highest BCUT2D eigenvalue weighted by atomic mass is 16.5. The van der Waals surface area contributed by atoms with Crippen LogP contribution in [0.5, 0.6) is 5.75 Å². The quantitative estimate of drug-likeness (QED) is 0.782. The Bertz CT molecular complexity index is 433. The van der Waals surface area contributed by atoms with E-state index in [1.54, 1.807) is 0 Å². The third-order valence-electron chi connectivity index (χ3n) is 4.11. The zero-order valence-electron chi connectivity index (χ0n) is 13.0. The Labute approximate surface area is 122 Å². The van der Waals surface area contributed by atoms with Gasteiger partial charge in [0.2, 0.25) is 0 Å². The number of nitrogens with one attached hydrogen (secondary N) is 1. The summed E-state index contributed by atoms with van der Waals surface area (Å²) in [5.41, 5.74) is 8.31. The van der Waals surface area contributed by atoms with Crippen molar-refractivity contribution in [3.8, 4) is 5.75 Å². The monoisotopic (exact) mass is 276 g/mol. The topological polar surface area (TPSA) is 47.3 Å². The third-order valence-corrected chi connectivity index (χ3v) is 4.11. The summed E-state index contributed by atoms with van der Waals surface area (Å²) >= 11 is 0. The average molecular weight is 276 g/mol. The Balaban J connectivity index is 1.97. The smallest absolute Gasteiger partial charge is 0.123 e. The van der Waals surface area contributed by atoms with E-state index in [2.05, 4.69) is 32.2 Å². The molecule has 112 valence electrons. The molecule has 2 rings (SSSR count). The highest BCUT2D eigenvalue weighted by Crippen LogP contribution is 2.36. The molecule has 0 saturated heterocycles. The Hall–Kier alpha value is -1.38. The first kappa shape index (κ1) is 15.0. The summed E-state index contributed by atoms with van der Waals surface area (Å²) in [6.07, 6.45) is 6.04. The zero-order valence-corrected chi connectivity index (χ0v) is 13.0. The molecule has 0 spiro atoms. The van der Waals surface area contributed by atoms with Gasteiger partial charge in [0.25, 0.3) is 0 Å². The molecule has 0 radical (unpaired) electrons.